The van der Waals surface area contributed by atoms with Gasteiger partial charge in [-0.15, -0.1) is 11.3 Å². The number of Topliss-reactive ketones (excluding diaryl/α,β-unsaturated/α-hetero) is 1. The first kappa shape index (κ1) is 18.1. The standard InChI is InChI=1S/C18H19N3O4S/c1-10-7-15(12(3)21(10)18-19-5-6-26-18)16(22)9-24-17(23)8-14-11(2)20-25-13(14)4/h5-7H,8-9H2,1-4H3. The third-order valence-corrected chi connectivity index (χ3v) is 4.97. The van der Waals surface area contributed by atoms with Crippen LogP contribution in [0.4, 0.5) is 0 Å². The van der Waals surface area contributed by atoms with Crippen LogP contribution in [0.25, 0.3) is 5.13 Å². The molecule has 0 spiro atoms. The van der Waals surface area contributed by atoms with Crippen molar-refractivity contribution in [2.24, 2.45) is 0 Å². The molecule has 0 bridgehead atoms. The molecule has 26 heavy (non-hydrogen) atoms. The molecule has 0 unspecified atom stereocenters. The Labute approximate surface area is 154 Å². The van der Waals surface area contributed by atoms with Gasteiger partial charge in [-0.05, 0) is 33.8 Å². The Bertz CT molecular complexity index is 934. The minimum atomic E-state index is -0.485. The lowest BCUT2D eigenvalue weighted by Crippen LogP contribution is -2.16. The highest BCUT2D eigenvalue weighted by atomic mass is 32.1. The number of nitrogens with zero attached hydrogens (tertiary/aromatic N) is 3. The Morgan fingerprint density at radius 3 is 2.65 bits per heavy atom. The van der Waals surface area contributed by atoms with Crippen molar-refractivity contribution in [1.82, 2.24) is 14.7 Å². The van der Waals surface area contributed by atoms with Crippen molar-refractivity contribution in [1.29, 1.82) is 0 Å². The maximum absolute atomic E-state index is 12.5. The van der Waals surface area contributed by atoms with Crippen molar-refractivity contribution >= 4 is 23.1 Å². The van der Waals surface area contributed by atoms with Gasteiger partial charge in [0.25, 0.3) is 0 Å². The largest absolute Gasteiger partial charge is 0.457 e. The topological polar surface area (TPSA) is 87.2 Å². The molecule has 3 rings (SSSR count). The lowest BCUT2D eigenvalue weighted by atomic mass is 10.1. The van der Waals surface area contributed by atoms with E-state index < -0.39 is 5.97 Å². The van der Waals surface area contributed by atoms with Crippen molar-refractivity contribution in [3.05, 3.63) is 51.6 Å². The van der Waals surface area contributed by atoms with E-state index in [1.54, 1.807) is 26.1 Å². The molecule has 0 aliphatic rings. The number of carbonyl (C=O) groups excluding carboxylic acids is 2. The third kappa shape index (κ3) is 3.45. The minimum absolute atomic E-state index is 0.0343. The number of ketones is 1. The minimum Gasteiger partial charge on any atom is -0.457 e. The highest BCUT2D eigenvalue weighted by molar-refractivity contribution is 7.12. The van der Waals surface area contributed by atoms with Gasteiger partial charge < -0.3 is 9.26 Å². The normalized spacial score (nSPS) is 10.9. The van der Waals surface area contributed by atoms with E-state index in [0.29, 0.717) is 22.6 Å². The molecule has 8 heteroatoms. The van der Waals surface area contributed by atoms with E-state index in [-0.39, 0.29) is 18.8 Å². The fourth-order valence-electron chi connectivity index (χ4n) is 2.84. The van der Waals surface area contributed by atoms with Crippen LogP contribution in [-0.4, -0.2) is 33.1 Å². The van der Waals surface area contributed by atoms with E-state index in [1.165, 1.54) is 11.3 Å². The highest BCUT2D eigenvalue weighted by Crippen LogP contribution is 2.22. The van der Waals surface area contributed by atoms with Gasteiger partial charge in [0, 0.05) is 34.1 Å². The first-order chi connectivity index (χ1) is 12.4. The maximum atomic E-state index is 12.5. The van der Waals surface area contributed by atoms with Gasteiger partial charge in [0.2, 0.25) is 5.78 Å². The van der Waals surface area contributed by atoms with Gasteiger partial charge in [-0.2, -0.15) is 0 Å². The molecule has 0 radical (unpaired) electrons. The van der Waals surface area contributed by atoms with Crippen LogP contribution in [-0.2, 0) is 16.0 Å². The molecule has 0 aliphatic heterocycles. The lowest BCUT2D eigenvalue weighted by Gasteiger charge is -2.06. The van der Waals surface area contributed by atoms with Gasteiger partial charge in [-0.3, -0.25) is 14.2 Å². The Morgan fingerprint density at radius 2 is 2.04 bits per heavy atom. The number of carbonyl (C=O) groups is 2. The van der Waals surface area contributed by atoms with Crippen LogP contribution >= 0.6 is 11.3 Å². The predicted octanol–water partition coefficient (Wildman–Crippen LogP) is 3.12. The molecular weight excluding hydrogens is 354 g/mol. The smallest absolute Gasteiger partial charge is 0.310 e. The Kier molecular flexibility index (Phi) is 5.03. The Morgan fingerprint density at radius 1 is 1.27 bits per heavy atom. The summed E-state index contributed by atoms with van der Waals surface area (Å²) in [5, 5.41) is 6.48. The van der Waals surface area contributed by atoms with Gasteiger partial charge in [0.1, 0.15) is 5.76 Å². The monoisotopic (exact) mass is 373 g/mol. The molecule has 0 aliphatic carbocycles. The molecule has 0 aromatic carbocycles. The van der Waals surface area contributed by atoms with Crippen LogP contribution in [0.3, 0.4) is 0 Å². The molecule has 3 heterocycles. The number of hydrogen-bond acceptors (Lipinski definition) is 7. The summed E-state index contributed by atoms with van der Waals surface area (Å²) in [6.07, 6.45) is 1.75. The third-order valence-electron chi connectivity index (χ3n) is 4.21. The van der Waals surface area contributed by atoms with E-state index in [9.17, 15) is 9.59 Å². The summed E-state index contributed by atoms with van der Waals surface area (Å²) in [5.74, 6) is -0.146. The zero-order chi connectivity index (χ0) is 18.8. The van der Waals surface area contributed by atoms with E-state index in [2.05, 4.69) is 10.1 Å². The zero-order valence-electron chi connectivity index (χ0n) is 15.0. The molecular formula is C18H19N3O4S. The van der Waals surface area contributed by atoms with Crippen molar-refractivity contribution in [2.45, 2.75) is 34.1 Å². The summed E-state index contributed by atoms with van der Waals surface area (Å²) < 4.78 is 12.1. The quantitative estimate of drug-likeness (QED) is 0.487. The van der Waals surface area contributed by atoms with E-state index in [1.807, 2.05) is 23.8 Å². The summed E-state index contributed by atoms with van der Waals surface area (Å²) in [6.45, 7) is 6.96. The van der Waals surface area contributed by atoms with E-state index >= 15 is 0 Å². The Balaban J connectivity index is 1.67. The first-order valence-corrected chi connectivity index (χ1v) is 8.95. The van der Waals surface area contributed by atoms with Crippen molar-refractivity contribution in [3.8, 4) is 5.13 Å². The number of ether oxygens (including phenoxy) is 1. The summed E-state index contributed by atoms with van der Waals surface area (Å²) in [7, 11) is 0. The summed E-state index contributed by atoms with van der Waals surface area (Å²) >= 11 is 1.49. The van der Waals surface area contributed by atoms with E-state index in [0.717, 1.165) is 16.5 Å². The van der Waals surface area contributed by atoms with Crippen LogP contribution in [0, 0.1) is 27.7 Å². The molecule has 0 N–H and O–H groups in total. The van der Waals surface area contributed by atoms with Crippen molar-refractivity contribution in [3.63, 3.8) is 0 Å². The summed E-state index contributed by atoms with van der Waals surface area (Å²) in [4.78, 5) is 28.8. The molecule has 0 atom stereocenters. The van der Waals surface area contributed by atoms with Gasteiger partial charge in [0.05, 0.1) is 12.1 Å². The number of rotatable bonds is 6. The maximum Gasteiger partial charge on any atom is 0.310 e. The average molecular weight is 373 g/mol. The van der Waals surface area contributed by atoms with Crippen molar-refractivity contribution in [2.75, 3.05) is 6.61 Å². The number of aromatic nitrogens is 3. The Hall–Kier alpha value is -2.74. The van der Waals surface area contributed by atoms with Gasteiger partial charge in [-0.1, -0.05) is 5.16 Å². The number of hydrogen-bond donors (Lipinski definition) is 0. The number of aryl methyl sites for hydroxylation is 3. The van der Waals surface area contributed by atoms with Crippen LogP contribution < -0.4 is 0 Å². The van der Waals surface area contributed by atoms with Crippen LogP contribution in [0.15, 0.2) is 22.2 Å². The average Bonchev–Trinajstić information content (AvgIpc) is 3.29. The molecule has 0 fully saturated rings. The van der Waals surface area contributed by atoms with E-state index in [4.69, 9.17) is 9.26 Å². The molecule has 136 valence electrons. The predicted molar refractivity (Wildman–Crippen MR) is 95.9 cm³/mol. The lowest BCUT2D eigenvalue weighted by molar-refractivity contribution is -0.141. The molecule has 0 saturated heterocycles. The molecule has 3 aromatic heterocycles. The first-order valence-electron chi connectivity index (χ1n) is 8.08. The summed E-state index contributed by atoms with van der Waals surface area (Å²) in [5.41, 5.74) is 3.57. The molecule has 3 aromatic rings. The SMILES string of the molecule is Cc1noc(C)c1CC(=O)OCC(=O)c1cc(C)n(-c2nccs2)c1C. The fourth-order valence-corrected chi connectivity index (χ4v) is 3.59. The van der Waals surface area contributed by atoms with Crippen LogP contribution in [0.2, 0.25) is 0 Å². The number of esters is 1. The van der Waals surface area contributed by atoms with Gasteiger partial charge in [0.15, 0.2) is 11.7 Å². The second kappa shape index (κ2) is 7.25. The second-order valence-electron chi connectivity index (χ2n) is 6.00. The zero-order valence-corrected chi connectivity index (χ0v) is 15.8. The number of thiazole rings is 1. The van der Waals surface area contributed by atoms with Crippen LogP contribution in [0.1, 0.15) is 38.8 Å². The fraction of sp³-hybridized carbons (Fsp3) is 0.333. The summed E-state index contributed by atoms with van der Waals surface area (Å²) in [6, 6.07) is 1.79. The molecule has 0 saturated carbocycles. The highest BCUT2D eigenvalue weighted by Gasteiger charge is 2.20. The van der Waals surface area contributed by atoms with Crippen molar-refractivity contribution < 1.29 is 18.8 Å². The van der Waals surface area contributed by atoms with Gasteiger partial charge in [-0.25, -0.2) is 4.98 Å². The second-order valence-corrected chi connectivity index (χ2v) is 6.87. The molecule has 7 nitrogen and oxygen atoms in total. The van der Waals surface area contributed by atoms with Gasteiger partial charge >= 0.3 is 5.97 Å². The molecule has 0 amide bonds. The van der Waals surface area contributed by atoms with Crippen LogP contribution in [0.5, 0.6) is 0 Å².